The normalized spacial score (nSPS) is 12.0. The summed E-state index contributed by atoms with van der Waals surface area (Å²) in [5, 5.41) is 7.61. The first-order chi connectivity index (χ1) is 14.0. The van der Waals surface area contributed by atoms with Crippen LogP contribution in [-0.2, 0) is 13.2 Å². The third-order valence-electron chi connectivity index (χ3n) is 5.22. The molecule has 1 heterocycles. The molecule has 0 fully saturated rings. The van der Waals surface area contributed by atoms with Crippen LogP contribution in [0.2, 0.25) is 0 Å². The second kappa shape index (κ2) is 9.61. The van der Waals surface area contributed by atoms with E-state index in [4.69, 9.17) is 14.0 Å². The summed E-state index contributed by atoms with van der Waals surface area (Å²) >= 11 is 0. The van der Waals surface area contributed by atoms with E-state index in [1.807, 2.05) is 26.0 Å². The largest absolute Gasteiger partial charge is 0.493 e. The van der Waals surface area contributed by atoms with Crippen LogP contribution in [0.4, 0.5) is 0 Å². The minimum absolute atomic E-state index is 0.317. The molecule has 2 aromatic carbocycles. The summed E-state index contributed by atoms with van der Waals surface area (Å²) in [6, 6.07) is 15.1. The Morgan fingerprint density at radius 1 is 1.03 bits per heavy atom. The Morgan fingerprint density at radius 2 is 1.79 bits per heavy atom. The van der Waals surface area contributed by atoms with Crippen LogP contribution >= 0.6 is 0 Å². The molecular weight excluding hydrogens is 364 g/mol. The van der Waals surface area contributed by atoms with Crippen LogP contribution < -0.4 is 14.8 Å². The van der Waals surface area contributed by atoms with Crippen molar-refractivity contribution in [3.63, 3.8) is 0 Å². The summed E-state index contributed by atoms with van der Waals surface area (Å²) in [5.74, 6) is 2.21. The first kappa shape index (κ1) is 20.9. The number of hydrogen-bond acceptors (Lipinski definition) is 5. The van der Waals surface area contributed by atoms with E-state index in [0.29, 0.717) is 18.4 Å². The number of aromatic nitrogens is 1. The molecule has 3 aromatic rings. The van der Waals surface area contributed by atoms with Gasteiger partial charge in [0.15, 0.2) is 11.5 Å². The lowest BCUT2D eigenvalue weighted by Gasteiger charge is -2.18. The lowest BCUT2D eigenvalue weighted by atomic mass is 10.0. The number of nitrogens with zero attached hydrogens (tertiary/aromatic N) is 1. The van der Waals surface area contributed by atoms with Crippen molar-refractivity contribution in [1.82, 2.24) is 10.5 Å². The average Bonchev–Trinajstić information content (AvgIpc) is 3.06. The van der Waals surface area contributed by atoms with Gasteiger partial charge in [0.05, 0.1) is 18.4 Å². The van der Waals surface area contributed by atoms with Crippen LogP contribution in [0.25, 0.3) is 0 Å². The molecule has 0 amide bonds. The molecule has 0 saturated carbocycles. The molecular formula is C24H30N2O3. The predicted octanol–water partition coefficient (Wildman–Crippen LogP) is 5.43. The molecule has 0 aliphatic rings. The van der Waals surface area contributed by atoms with E-state index in [-0.39, 0.29) is 0 Å². The van der Waals surface area contributed by atoms with Gasteiger partial charge in [0.2, 0.25) is 0 Å². The number of rotatable bonds is 9. The molecule has 0 spiro atoms. The summed E-state index contributed by atoms with van der Waals surface area (Å²) in [7, 11) is 1.66. The summed E-state index contributed by atoms with van der Waals surface area (Å²) in [6.45, 7) is 9.28. The van der Waals surface area contributed by atoms with Gasteiger partial charge in [-0.3, -0.25) is 0 Å². The molecule has 0 aliphatic carbocycles. The van der Waals surface area contributed by atoms with Crippen LogP contribution in [0, 0.1) is 20.8 Å². The molecule has 5 heteroatoms. The van der Waals surface area contributed by atoms with Gasteiger partial charge in [0.1, 0.15) is 12.4 Å². The van der Waals surface area contributed by atoms with Crippen molar-refractivity contribution in [3.8, 4) is 11.5 Å². The summed E-state index contributed by atoms with van der Waals surface area (Å²) in [5.41, 5.74) is 5.56. The second-order valence-electron chi connectivity index (χ2n) is 7.33. The number of ether oxygens (including phenoxy) is 2. The zero-order valence-electron chi connectivity index (χ0n) is 17.9. The van der Waals surface area contributed by atoms with Gasteiger partial charge in [-0.1, -0.05) is 48.0 Å². The van der Waals surface area contributed by atoms with E-state index >= 15 is 0 Å². The fourth-order valence-corrected chi connectivity index (χ4v) is 3.34. The van der Waals surface area contributed by atoms with Gasteiger partial charge in [-0.2, -0.15) is 0 Å². The van der Waals surface area contributed by atoms with Crippen LogP contribution in [-0.4, -0.2) is 12.3 Å². The minimum atomic E-state index is 0.317. The first-order valence-electron chi connectivity index (χ1n) is 10.0. The SMILES string of the molecule is CCC(NCc1ccc(OCc2c(C)noc2C)c(OC)c1)c1ccc(C)cc1. The fourth-order valence-electron chi connectivity index (χ4n) is 3.34. The predicted molar refractivity (Wildman–Crippen MR) is 114 cm³/mol. The summed E-state index contributed by atoms with van der Waals surface area (Å²) in [4.78, 5) is 0. The fraction of sp³-hybridized carbons (Fsp3) is 0.375. The maximum absolute atomic E-state index is 5.97. The second-order valence-corrected chi connectivity index (χ2v) is 7.33. The number of hydrogen-bond donors (Lipinski definition) is 1. The molecule has 1 unspecified atom stereocenters. The summed E-state index contributed by atoms with van der Waals surface area (Å²) < 4.78 is 16.7. The van der Waals surface area contributed by atoms with Crippen LogP contribution in [0.15, 0.2) is 47.0 Å². The minimum Gasteiger partial charge on any atom is -0.493 e. The zero-order valence-corrected chi connectivity index (χ0v) is 17.9. The van der Waals surface area contributed by atoms with Crippen molar-refractivity contribution in [2.24, 2.45) is 0 Å². The first-order valence-corrected chi connectivity index (χ1v) is 10.0. The average molecular weight is 395 g/mol. The van der Waals surface area contributed by atoms with Gasteiger partial charge in [0, 0.05) is 12.6 Å². The zero-order chi connectivity index (χ0) is 20.8. The Balaban J connectivity index is 1.65. The van der Waals surface area contributed by atoms with Gasteiger partial charge in [-0.05, 0) is 50.5 Å². The molecule has 0 saturated heterocycles. The third kappa shape index (κ3) is 5.18. The van der Waals surface area contributed by atoms with Crippen molar-refractivity contribution in [2.45, 2.75) is 53.3 Å². The van der Waals surface area contributed by atoms with Gasteiger partial charge in [-0.25, -0.2) is 0 Å². The molecule has 1 aromatic heterocycles. The Kier molecular flexibility index (Phi) is 6.94. The lowest BCUT2D eigenvalue weighted by molar-refractivity contribution is 0.281. The van der Waals surface area contributed by atoms with Crippen LogP contribution in [0.3, 0.4) is 0 Å². The van der Waals surface area contributed by atoms with E-state index in [9.17, 15) is 0 Å². The highest BCUT2D eigenvalue weighted by Gasteiger charge is 2.13. The molecule has 29 heavy (non-hydrogen) atoms. The van der Waals surface area contributed by atoms with Crippen molar-refractivity contribution in [1.29, 1.82) is 0 Å². The quantitative estimate of drug-likeness (QED) is 0.524. The standard InChI is InChI=1S/C24H30N2O3/c1-6-22(20-10-7-16(2)8-11-20)25-14-19-9-12-23(24(13-19)27-5)28-15-21-17(3)26-29-18(21)4/h7-13,22,25H,6,14-15H2,1-5H3. The molecule has 1 N–H and O–H groups in total. The molecule has 3 rings (SSSR count). The Hall–Kier alpha value is -2.79. The van der Waals surface area contributed by atoms with Gasteiger partial charge >= 0.3 is 0 Å². The summed E-state index contributed by atoms with van der Waals surface area (Å²) in [6.07, 6.45) is 1.03. The van der Waals surface area contributed by atoms with E-state index < -0.39 is 0 Å². The van der Waals surface area contributed by atoms with Gasteiger partial charge in [0.25, 0.3) is 0 Å². The van der Waals surface area contributed by atoms with Crippen molar-refractivity contribution < 1.29 is 14.0 Å². The van der Waals surface area contributed by atoms with E-state index in [0.717, 1.165) is 41.3 Å². The Bertz CT molecular complexity index is 912. The van der Waals surface area contributed by atoms with E-state index in [2.05, 4.69) is 54.7 Å². The Morgan fingerprint density at radius 3 is 2.41 bits per heavy atom. The monoisotopic (exact) mass is 394 g/mol. The maximum Gasteiger partial charge on any atom is 0.161 e. The molecule has 1 atom stereocenters. The van der Waals surface area contributed by atoms with Crippen molar-refractivity contribution >= 4 is 0 Å². The highest BCUT2D eigenvalue weighted by atomic mass is 16.5. The molecule has 0 aliphatic heterocycles. The van der Waals surface area contributed by atoms with Crippen molar-refractivity contribution in [2.75, 3.05) is 7.11 Å². The Labute approximate surface area is 173 Å². The molecule has 0 radical (unpaired) electrons. The van der Waals surface area contributed by atoms with Crippen LogP contribution in [0.5, 0.6) is 11.5 Å². The topological polar surface area (TPSA) is 56.5 Å². The molecule has 154 valence electrons. The van der Waals surface area contributed by atoms with E-state index in [1.165, 1.54) is 11.1 Å². The number of methoxy groups -OCH3 is 1. The van der Waals surface area contributed by atoms with Gasteiger partial charge < -0.3 is 19.3 Å². The maximum atomic E-state index is 5.97. The molecule has 5 nitrogen and oxygen atoms in total. The smallest absolute Gasteiger partial charge is 0.161 e. The third-order valence-corrected chi connectivity index (χ3v) is 5.22. The highest BCUT2D eigenvalue weighted by Crippen LogP contribution is 2.30. The number of nitrogens with one attached hydrogen (secondary N) is 1. The van der Waals surface area contributed by atoms with E-state index in [1.54, 1.807) is 7.11 Å². The number of benzene rings is 2. The molecule has 0 bridgehead atoms. The number of aryl methyl sites for hydroxylation is 3. The highest BCUT2D eigenvalue weighted by molar-refractivity contribution is 5.43. The van der Waals surface area contributed by atoms with Crippen molar-refractivity contribution in [3.05, 3.63) is 76.2 Å². The van der Waals surface area contributed by atoms with Gasteiger partial charge in [-0.15, -0.1) is 0 Å². The van der Waals surface area contributed by atoms with Crippen LogP contribution in [0.1, 0.15) is 53.1 Å². The lowest BCUT2D eigenvalue weighted by Crippen LogP contribution is -2.20.